The number of piperidine rings is 1. The summed E-state index contributed by atoms with van der Waals surface area (Å²) in [6.45, 7) is 3.28. The number of nitrogens with zero attached hydrogens (tertiary/aromatic N) is 3. The van der Waals surface area contributed by atoms with Gasteiger partial charge in [-0.1, -0.05) is 36.0 Å². The van der Waals surface area contributed by atoms with Crippen molar-refractivity contribution in [2.75, 3.05) is 25.4 Å². The Morgan fingerprint density at radius 3 is 2.90 bits per heavy atom. The van der Waals surface area contributed by atoms with Gasteiger partial charge in [-0.25, -0.2) is 9.97 Å². The third kappa shape index (κ3) is 4.65. The molecule has 1 aliphatic rings. The zero-order valence-corrected chi connectivity index (χ0v) is 18.4. The van der Waals surface area contributed by atoms with Crippen LogP contribution in [0.25, 0.3) is 21.6 Å². The Morgan fingerprint density at radius 2 is 2.10 bits per heavy atom. The van der Waals surface area contributed by atoms with Gasteiger partial charge in [-0.3, -0.25) is 9.59 Å². The van der Waals surface area contributed by atoms with Crippen LogP contribution in [-0.2, 0) is 14.3 Å². The van der Waals surface area contributed by atoms with Crippen LogP contribution in [0.3, 0.4) is 0 Å². The van der Waals surface area contributed by atoms with E-state index < -0.39 is 0 Å². The van der Waals surface area contributed by atoms with Crippen molar-refractivity contribution in [3.05, 3.63) is 41.8 Å². The van der Waals surface area contributed by atoms with Gasteiger partial charge in [-0.05, 0) is 37.3 Å². The molecule has 1 aromatic carbocycles. The van der Waals surface area contributed by atoms with Gasteiger partial charge in [0.1, 0.15) is 5.03 Å². The first-order chi connectivity index (χ1) is 14.7. The number of fused-ring (bicyclic) bond motifs is 1. The molecule has 156 valence electrons. The molecule has 8 heteroatoms. The first-order valence-corrected chi connectivity index (χ1v) is 11.9. The number of carbonyl (C=O) groups is 2. The van der Waals surface area contributed by atoms with E-state index in [-0.39, 0.29) is 23.5 Å². The molecule has 1 amide bonds. The molecule has 2 aromatic heterocycles. The fraction of sp³-hybridized carbons (Fsp3) is 0.364. The third-order valence-electron chi connectivity index (χ3n) is 5.04. The summed E-state index contributed by atoms with van der Waals surface area (Å²) >= 11 is 3.02. The average molecular weight is 442 g/mol. The molecule has 0 aliphatic carbocycles. The number of hydrogen-bond acceptors (Lipinski definition) is 7. The first kappa shape index (κ1) is 20.8. The van der Waals surface area contributed by atoms with Gasteiger partial charge in [0.05, 0.1) is 28.7 Å². The summed E-state index contributed by atoms with van der Waals surface area (Å²) in [4.78, 5) is 37.1. The van der Waals surface area contributed by atoms with Crippen LogP contribution in [0.15, 0.2) is 46.8 Å². The van der Waals surface area contributed by atoms with Crippen molar-refractivity contribution in [1.29, 1.82) is 0 Å². The van der Waals surface area contributed by atoms with Crippen molar-refractivity contribution in [1.82, 2.24) is 14.9 Å². The van der Waals surface area contributed by atoms with Gasteiger partial charge in [0.15, 0.2) is 5.82 Å². The highest BCUT2D eigenvalue weighted by Crippen LogP contribution is 2.30. The van der Waals surface area contributed by atoms with Crippen LogP contribution in [0.5, 0.6) is 0 Å². The standard InChI is InChI=1S/C22H23N3O3S2/c1-2-28-22(27)15-7-5-11-25(13-15)19(26)14-30-21-16-8-3-4-9-17(16)23-20(24-21)18-10-6-12-29-18/h3-4,6,8-10,12,15H,2,5,7,11,13-14H2,1H3/t15-/m0/s1. The topological polar surface area (TPSA) is 72.4 Å². The number of ether oxygens (including phenoxy) is 1. The second kappa shape index (κ2) is 9.57. The largest absolute Gasteiger partial charge is 0.466 e. The van der Waals surface area contributed by atoms with Crippen molar-refractivity contribution in [2.24, 2.45) is 5.92 Å². The Labute approximate surface area is 183 Å². The molecule has 6 nitrogen and oxygen atoms in total. The van der Waals surface area contributed by atoms with E-state index in [0.717, 1.165) is 33.6 Å². The summed E-state index contributed by atoms with van der Waals surface area (Å²) in [7, 11) is 0. The minimum absolute atomic E-state index is 0.0226. The lowest BCUT2D eigenvalue weighted by atomic mass is 9.98. The highest BCUT2D eigenvalue weighted by atomic mass is 32.2. The van der Waals surface area contributed by atoms with E-state index in [4.69, 9.17) is 9.72 Å². The maximum atomic E-state index is 12.9. The van der Waals surface area contributed by atoms with Crippen molar-refractivity contribution >= 4 is 45.9 Å². The van der Waals surface area contributed by atoms with Crippen molar-refractivity contribution in [3.63, 3.8) is 0 Å². The van der Waals surface area contributed by atoms with Crippen LogP contribution in [-0.4, -0.2) is 52.2 Å². The molecular weight excluding hydrogens is 418 g/mol. The number of amides is 1. The van der Waals surface area contributed by atoms with Crippen molar-refractivity contribution < 1.29 is 14.3 Å². The number of thiophene rings is 1. The molecule has 0 spiro atoms. The fourth-order valence-electron chi connectivity index (χ4n) is 3.55. The molecular formula is C22H23N3O3S2. The average Bonchev–Trinajstić information content (AvgIpc) is 3.32. The Kier molecular flexibility index (Phi) is 6.64. The summed E-state index contributed by atoms with van der Waals surface area (Å²) in [5, 5.41) is 3.75. The quantitative estimate of drug-likeness (QED) is 0.323. The fourth-order valence-corrected chi connectivity index (χ4v) is 5.13. The van der Waals surface area contributed by atoms with Gasteiger partial charge < -0.3 is 9.64 Å². The monoisotopic (exact) mass is 441 g/mol. The zero-order valence-electron chi connectivity index (χ0n) is 16.7. The van der Waals surface area contributed by atoms with Gasteiger partial charge >= 0.3 is 5.97 Å². The lowest BCUT2D eigenvalue weighted by Gasteiger charge is -2.31. The molecule has 30 heavy (non-hydrogen) atoms. The highest BCUT2D eigenvalue weighted by molar-refractivity contribution is 8.00. The molecule has 0 unspecified atom stereocenters. The van der Waals surface area contributed by atoms with E-state index in [1.165, 1.54) is 11.8 Å². The molecule has 0 N–H and O–H groups in total. The number of hydrogen-bond donors (Lipinski definition) is 0. The van der Waals surface area contributed by atoms with Crippen LogP contribution in [0, 0.1) is 5.92 Å². The number of rotatable bonds is 6. The van der Waals surface area contributed by atoms with Crippen LogP contribution < -0.4 is 0 Å². The van der Waals surface area contributed by atoms with Gasteiger partial charge in [-0.15, -0.1) is 11.3 Å². The van der Waals surface area contributed by atoms with E-state index in [1.54, 1.807) is 23.2 Å². The second-order valence-electron chi connectivity index (χ2n) is 7.07. The maximum Gasteiger partial charge on any atom is 0.310 e. The van der Waals surface area contributed by atoms with E-state index in [0.29, 0.717) is 25.5 Å². The molecule has 0 saturated carbocycles. The Bertz CT molecular complexity index is 1040. The third-order valence-corrected chi connectivity index (χ3v) is 6.88. The number of benzene rings is 1. The van der Waals surface area contributed by atoms with Gasteiger partial charge in [-0.2, -0.15) is 0 Å². The Hall–Kier alpha value is -2.45. The van der Waals surface area contributed by atoms with Crippen LogP contribution in [0.4, 0.5) is 0 Å². The second-order valence-corrected chi connectivity index (χ2v) is 8.98. The molecule has 1 atom stereocenters. The lowest BCUT2D eigenvalue weighted by Crippen LogP contribution is -2.43. The smallest absolute Gasteiger partial charge is 0.310 e. The predicted molar refractivity (Wildman–Crippen MR) is 120 cm³/mol. The summed E-state index contributed by atoms with van der Waals surface area (Å²) in [5.41, 5.74) is 0.867. The van der Waals surface area contributed by atoms with E-state index in [1.807, 2.05) is 41.8 Å². The minimum atomic E-state index is -0.224. The molecule has 4 rings (SSSR count). The van der Waals surface area contributed by atoms with Gasteiger partial charge in [0, 0.05) is 18.5 Å². The van der Waals surface area contributed by atoms with Crippen LogP contribution in [0.2, 0.25) is 0 Å². The molecule has 0 bridgehead atoms. The Balaban J connectivity index is 1.49. The summed E-state index contributed by atoms with van der Waals surface area (Å²) in [5.74, 6) is 0.553. The summed E-state index contributed by atoms with van der Waals surface area (Å²) in [6, 6.07) is 11.8. The summed E-state index contributed by atoms with van der Waals surface area (Å²) < 4.78 is 5.14. The molecule has 3 heterocycles. The zero-order chi connectivity index (χ0) is 20.9. The summed E-state index contributed by atoms with van der Waals surface area (Å²) in [6.07, 6.45) is 1.59. The lowest BCUT2D eigenvalue weighted by molar-refractivity contribution is -0.151. The molecule has 3 aromatic rings. The van der Waals surface area contributed by atoms with Crippen LogP contribution in [0.1, 0.15) is 19.8 Å². The number of esters is 1. The van der Waals surface area contributed by atoms with Gasteiger partial charge in [0.25, 0.3) is 0 Å². The van der Waals surface area contributed by atoms with Crippen molar-refractivity contribution in [2.45, 2.75) is 24.8 Å². The van der Waals surface area contributed by atoms with Crippen LogP contribution >= 0.6 is 23.1 Å². The van der Waals surface area contributed by atoms with E-state index in [9.17, 15) is 9.59 Å². The number of likely N-dealkylation sites (tertiary alicyclic amines) is 1. The number of aromatic nitrogens is 2. The van der Waals surface area contributed by atoms with E-state index >= 15 is 0 Å². The number of thioether (sulfide) groups is 1. The maximum absolute atomic E-state index is 12.9. The number of carbonyl (C=O) groups excluding carboxylic acids is 2. The normalized spacial score (nSPS) is 16.6. The highest BCUT2D eigenvalue weighted by Gasteiger charge is 2.29. The molecule has 1 saturated heterocycles. The Morgan fingerprint density at radius 1 is 1.23 bits per heavy atom. The number of para-hydroxylation sites is 1. The predicted octanol–water partition coefficient (Wildman–Crippen LogP) is 4.25. The van der Waals surface area contributed by atoms with Crippen molar-refractivity contribution in [3.8, 4) is 10.7 Å². The van der Waals surface area contributed by atoms with E-state index in [2.05, 4.69) is 4.98 Å². The first-order valence-electron chi connectivity index (χ1n) is 10.0. The minimum Gasteiger partial charge on any atom is -0.466 e. The molecule has 0 radical (unpaired) electrons. The molecule has 1 aliphatic heterocycles. The SMILES string of the molecule is CCOC(=O)[C@H]1CCCN(C(=O)CSc2nc(-c3cccs3)nc3ccccc23)C1. The molecule has 1 fully saturated rings. The van der Waals surface area contributed by atoms with Gasteiger partial charge in [0.2, 0.25) is 5.91 Å².